The lowest BCUT2D eigenvalue weighted by Crippen LogP contribution is -2.01. The van der Waals surface area contributed by atoms with Crippen LogP contribution in [0.5, 0.6) is 5.75 Å². The highest BCUT2D eigenvalue weighted by Gasteiger charge is 2.09. The van der Waals surface area contributed by atoms with Crippen molar-refractivity contribution >= 4 is 5.97 Å². The number of phenols is 1. The average Bonchev–Trinajstić information content (AvgIpc) is 2.18. The van der Waals surface area contributed by atoms with Gasteiger partial charge in [0.2, 0.25) is 0 Å². The van der Waals surface area contributed by atoms with E-state index in [0.717, 1.165) is 5.56 Å². The van der Waals surface area contributed by atoms with Gasteiger partial charge < -0.3 is 14.9 Å². The van der Waals surface area contributed by atoms with Gasteiger partial charge in [0.15, 0.2) is 0 Å². The number of hydrogen-bond acceptors (Lipinski definition) is 4. The molecule has 0 aromatic heterocycles. The van der Waals surface area contributed by atoms with Gasteiger partial charge in [0.25, 0.3) is 0 Å². The van der Waals surface area contributed by atoms with Crippen molar-refractivity contribution in [3.8, 4) is 5.75 Å². The molecule has 0 bridgehead atoms. The van der Waals surface area contributed by atoms with Gasteiger partial charge in [0.1, 0.15) is 12.4 Å². The van der Waals surface area contributed by atoms with Crippen LogP contribution in [0.15, 0.2) is 12.1 Å². The molecule has 1 rings (SSSR count). The van der Waals surface area contributed by atoms with Crippen LogP contribution in [0.4, 0.5) is 0 Å². The summed E-state index contributed by atoms with van der Waals surface area (Å²) in [5.41, 5.74) is 1.85. The number of esters is 1. The fourth-order valence-electron chi connectivity index (χ4n) is 1.34. The van der Waals surface area contributed by atoms with E-state index in [0.29, 0.717) is 11.1 Å². The van der Waals surface area contributed by atoms with Crippen LogP contribution in [0.3, 0.4) is 0 Å². The summed E-state index contributed by atoms with van der Waals surface area (Å²) in [6.07, 6.45) is 0. The Morgan fingerprint density at radius 3 is 2.53 bits per heavy atom. The molecule has 4 heteroatoms. The second-order valence-electron chi connectivity index (χ2n) is 3.37. The first-order chi connectivity index (χ1) is 7.04. The zero-order valence-corrected chi connectivity index (χ0v) is 8.78. The second-order valence-corrected chi connectivity index (χ2v) is 3.37. The van der Waals surface area contributed by atoms with Gasteiger partial charge >= 0.3 is 5.97 Å². The monoisotopic (exact) mass is 210 g/mol. The highest BCUT2D eigenvalue weighted by Crippen LogP contribution is 2.25. The first-order valence-corrected chi connectivity index (χ1v) is 4.60. The molecular weight excluding hydrogens is 196 g/mol. The van der Waals surface area contributed by atoms with Crippen LogP contribution in [-0.2, 0) is 22.7 Å². The van der Waals surface area contributed by atoms with Crippen LogP contribution in [0, 0.1) is 6.92 Å². The summed E-state index contributed by atoms with van der Waals surface area (Å²) in [5.74, 6) is -0.411. The maximum Gasteiger partial charge on any atom is 0.302 e. The zero-order chi connectivity index (χ0) is 11.4. The van der Waals surface area contributed by atoms with Gasteiger partial charge in [-0.15, -0.1) is 0 Å². The molecule has 4 nitrogen and oxygen atoms in total. The Hall–Kier alpha value is -1.55. The molecule has 1 aromatic carbocycles. The van der Waals surface area contributed by atoms with E-state index in [4.69, 9.17) is 9.84 Å². The third-order valence-corrected chi connectivity index (χ3v) is 2.01. The van der Waals surface area contributed by atoms with E-state index in [1.54, 1.807) is 12.1 Å². The summed E-state index contributed by atoms with van der Waals surface area (Å²) < 4.78 is 4.78. The van der Waals surface area contributed by atoms with Gasteiger partial charge in [-0.2, -0.15) is 0 Å². The van der Waals surface area contributed by atoms with E-state index >= 15 is 0 Å². The number of carbonyl (C=O) groups is 1. The minimum absolute atomic E-state index is 0.00986. The number of carbonyl (C=O) groups excluding carboxylic acids is 1. The molecule has 0 saturated carbocycles. The number of aromatic hydroxyl groups is 1. The molecule has 0 atom stereocenters. The fraction of sp³-hybridized carbons (Fsp3) is 0.364. The largest absolute Gasteiger partial charge is 0.507 e. The number of hydrogen-bond donors (Lipinski definition) is 2. The summed E-state index contributed by atoms with van der Waals surface area (Å²) in [7, 11) is 0. The fourth-order valence-corrected chi connectivity index (χ4v) is 1.34. The van der Waals surface area contributed by atoms with Crippen molar-refractivity contribution in [3.63, 3.8) is 0 Å². The van der Waals surface area contributed by atoms with E-state index in [-0.39, 0.29) is 19.0 Å². The molecule has 0 heterocycles. The molecule has 2 N–H and O–H groups in total. The Balaban J connectivity index is 2.95. The lowest BCUT2D eigenvalue weighted by atomic mass is 10.1. The van der Waals surface area contributed by atoms with E-state index in [2.05, 4.69) is 0 Å². The molecule has 82 valence electrons. The van der Waals surface area contributed by atoms with Crippen LogP contribution in [-0.4, -0.2) is 16.2 Å². The highest BCUT2D eigenvalue weighted by atomic mass is 16.5. The van der Waals surface area contributed by atoms with Gasteiger partial charge in [-0.3, -0.25) is 4.79 Å². The molecule has 0 aliphatic carbocycles. The Kier molecular flexibility index (Phi) is 3.68. The number of aliphatic hydroxyl groups is 1. The van der Waals surface area contributed by atoms with Gasteiger partial charge in [0, 0.05) is 18.1 Å². The lowest BCUT2D eigenvalue weighted by molar-refractivity contribution is -0.142. The van der Waals surface area contributed by atoms with Crippen molar-refractivity contribution in [2.45, 2.75) is 27.1 Å². The van der Waals surface area contributed by atoms with Gasteiger partial charge in [-0.1, -0.05) is 11.6 Å². The van der Waals surface area contributed by atoms with Crippen LogP contribution in [0.1, 0.15) is 23.6 Å². The summed E-state index contributed by atoms with van der Waals surface area (Å²) in [4.78, 5) is 10.6. The Bertz CT molecular complexity index is 371. The van der Waals surface area contributed by atoms with E-state index in [1.165, 1.54) is 6.92 Å². The molecular formula is C11H14O4. The van der Waals surface area contributed by atoms with E-state index in [9.17, 15) is 9.90 Å². The topological polar surface area (TPSA) is 66.8 Å². The smallest absolute Gasteiger partial charge is 0.302 e. The molecule has 0 unspecified atom stereocenters. The second kappa shape index (κ2) is 4.79. The number of ether oxygens (including phenoxy) is 1. The minimum Gasteiger partial charge on any atom is -0.507 e. The van der Waals surface area contributed by atoms with E-state index < -0.39 is 5.97 Å². The van der Waals surface area contributed by atoms with Gasteiger partial charge in [0.05, 0.1) is 6.61 Å². The molecule has 0 aliphatic rings. The molecule has 15 heavy (non-hydrogen) atoms. The van der Waals surface area contributed by atoms with Crippen LogP contribution in [0.25, 0.3) is 0 Å². The van der Waals surface area contributed by atoms with Crippen molar-refractivity contribution < 1.29 is 19.7 Å². The third-order valence-electron chi connectivity index (χ3n) is 2.01. The zero-order valence-electron chi connectivity index (χ0n) is 8.78. The van der Waals surface area contributed by atoms with Crippen LogP contribution in [0.2, 0.25) is 0 Å². The molecule has 0 aliphatic heterocycles. The number of rotatable bonds is 3. The van der Waals surface area contributed by atoms with Gasteiger partial charge in [-0.25, -0.2) is 0 Å². The van der Waals surface area contributed by atoms with Crippen molar-refractivity contribution in [2.24, 2.45) is 0 Å². The summed E-state index contributed by atoms with van der Waals surface area (Å²) in [5, 5.41) is 18.7. The third kappa shape index (κ3) is 2.95. The Labute approximate surface area is 88.1 Å². The van der Waals surface area contributed by atoms with Crippen LogP contribution < -0.4 is 0 Å². The van der Waals surface area contributed by atoms with Crippen molar-refractivity contribution in [1.82, 2.24) is 0 Å². The minimum atomic E-state index is -0.401. The molecule has 0 spiro atoms. The molecule has 1 aromatic rings. The summed E-state index contributed by atoms with van der Waals surface area (Å²) in [6.45, 7) is 2.94. The van der Waals surface area contributed by atoms with Crippen molar-refractivity contribution in [1.29, 1.82) is 0 Å². The van der Waals surface area contributed by atoms with Crippen molar-refractivity contribution in [2.75, 3.05) is 0 Å². The van der Waals surface area contributed by atoms with Crippen molar-refractivity contribution in [3.05, 3.63) is 28.8 Å². The molecule has 0 amide bonds. The average molecular weight is 210 g/mol. The molecule has 0 radical (unpaired) electrons. The summed E-state index contributed by atoms with van der Waals surface area (Å²) >= 11 is 0. The maximum atomic E-state index is 10.6. The SMILES string of the molecule is CC(=O)OCc1cc(C)cc(CO)c1O. The standard InChI is InChI=1S/C11H14O4/c1-7-3-9(5-12)11(14)10(4-7)6-15-8(2)13/h3-4,12,14H,5-6H2,1-2H3. The van der Waals surface area contributed by atoms with E-state index in [1.807, 2.05) is 6.92 Å². The van der Waals surface area contributed by atoms with Gasteiger partial charge in [-0.05, 0) is 13.0 Å². The number of aliphatic hydroxyl groups excluding tert-OH is 1. The first-order valence-electron chi connectivity index (χ1n) is 4.60. The number of aryl methyl sites for hydroxylation is 1. The molecule has 0 fully saturated rings. The normalized spacial score (nSPS) is 10.1. The number of benzene rings is 1. The Morgan fingerprint density at radius 1 is 1.40 bits per heavy atom. The molecule has 0 saturated heterocycles. The lowest BCUT2D eigenvalue weighted by Gasteiger charge is -2.09. The predicted molar refractivity (Wildman–Crippen MR) is 54.2 cm³/mol. The van der Waals surface area contributed by atoms with Crippen LogP contribution >= 0.6 is 0 Å². The quantitative estimate of drug-likeness (QED) is 0.737. The highest BCUT2D eigenvalue weighted by molar-refractivity contribution is 5.66. The maximum absolute atomic E-state index is 10.6. The first kappa shape index (κ1) is 11.5. The summed E-state index contributed by atoms with van der Waals surface area (Å²) in [6, 6.07) is 3.41. The predicted octanol–water partition coefficient (Wildman–Crippen LogP) is 1.26. The Morgan fingerprint density at radius 2 is 2.00 bits per heavy atom.